The SMILES string of the molecule is C=C(/C=C\C=C/CC)C1C(C=O)=C(C)NC(C)=C1C=O. The van der Waals surface area contributed by atoms with E-state index >= 15 is 0 Å². The van der Waals surface area contributed by atoms with Gasteiger partial charge in [0.05, 0.1) is 0 Å². The van der Waals surface area contributed by atoms with Crippen LogP contribution in [0.25, 0.3) is 0 Å². The van der Waals surface area contributed by atoms with Crippen LogP contribution in [0.5, 0.6) is 0 Å². The van der Waals surface area contributed by atoms with Gasteiger partial charge in [-0.15, -0.1) is 0 Å². The minimum absolute atomic E-state index is 0.363. The molecular formula is C17H21NO2. The Kier molecular flexibility index (Phi) is 5.91. The first kappa shape index (κ1) is 15.9. The second kappa shape index (κ2) is 7.43. The summed E-state index contributed by atoms with van der Waals surface area (Å²) >= 11 is 0. The van der Waals surface area contributed by atoms with Crippen LogP contribution in [-0.2, 0) is 9.59 Å². The molecule has 1 aliphatic rings. The summed E-state index contributed by atoms with van der Waals surface area (Å²) < 4.78 is 0. The smallest absolute Gasteiger partial charge is 0.148 e. The van der Waals surface area contributed by atoms with Gasteiger partial charge in [0, 0.05) is 28.5 Å². The summed E-state index contributed by atoms with van der Waals surface area (Å²) in [5.41, 5.74) is 3.40. The summed E-state index contributed by atoms with van der Waals surface area (Å²) in [6, 6.07) is 0. The van der Waals surface area contributed by atoms with Crippen LogP contribution in [-0.4, -0.2) is 12.6 Å². The van der Waals surface area contributed by atoms with Crippen LogP contribution >= 0.6 is 0 Å². The van der Waals surface area contributed by atoms with Gasteiger partial charge in [0.25, 0.3) is 0 Å². The molecule has 3 heteroatoms. The van der Waals surface area contributed by atoms with Crippen LogP contribution in [0.4, 0.5) is 0 Å². The van der Waals surface area contributed by atoms with E-state index in [0.29, 0.717) is 11.1 Å². The van der Waals surface area contributed by atoms with E-state index in [0.717, 1.165) is 36.0 Å². The Morgan fingerprint density at radius 3 is 2.15 bits per heavy atom. The van der Waals surface area contributed by atoms with Crippen molar-refractivity contribution in [2.24, 2.45) is 5.92 Å². The van der Waals surface area contributed by atoms with Crippen LogP contribution in [0.15, 0.2) is 59.0 Å². The Labute approximate surface area is 120 Å². The fourth-order valence-corrected chi connectivity index (χ4v) is 2.23. The van der Waals surface area contributed by atoms with Gasteiger partial charge in [-0.1, -0.05) is 37.8 Å². The third-order valence-electron chi connectivity index (χ3n) is 3.28. The van der Waals surface area contributed by atoms with Crippen molar-refractivity contribution in [3.05, 3.63) is 59.0 Å². The van der Waals surface area contributed by atoms with Gasteiger partial charge in [-0.3, -0.25) is 9.59 Å². The van der Waals surface area contributed by atoms with E-state index in [4.69, 9.17) is 0 Å². The summed E-state index contributed by atoms with van der Waals surface area (Å²) in [6.45, 7) is 9.72. The van der Waals surface area contributed by atoms with E-state index in [-0.39, 0.29) is 5.92 Å². The molecular weight excluding hydrogens is 250 g/mol. The average molecular weight is 271 g/mol. The van der Waals surface area contributed by atoms with Gasteiger partial charge >= 0.3 is 0 Å². The first-order valence-electron chi connectivity index (χ1n) is 6.67. The number of dihydropyridines is 1. The van der Waals surface area contributed by atoms with Crippen LogP contribution < -0.4 is 5.32 Å². The topological polar surface area (TPSA) is 46.2 Å². The van der Waals surface area contributed by atoms with Gasteiger partial charge in [0.2, 0.25) is 0 Å². The Bertz CT molecular complexity index is 503. The zero-order valence-corrected chi connectivity index (χ0v) is 12.3. The molecule has 1 rings (SSSR count). The quantitative estimate of drug-likeness (QED) is 0.596. The van der Waals surface area contributed by atoms with Gasteiger partial charge in [-0.05, 0) is 25.8 Å². The van der Waals surface area contributed by atoms with E-state index in [1.165, 1.54) is 0 Å². The lowest BCUT2D eigenvalue weighted by Gasteiger charge is -2.27. The Hall–Kier alpha value is -2.16. The predicted octanol–water partition coefficient (Wildman–Crippen LogP) is 3.23. The highest BCUT2D eigenvalue weighted by atomic mass is 16.1. The highest BCUT2D eigenvalue weighted by Gasteiger charge is 2.28. The number of hydrogen-bond donors (Lipinski definition) is 1. The normalized spacial score (nSPS) is 16.9. The maximum atomic E-state index is 11.3. The molecule has 20 heavy (non-hydrogen) atoms. The van der Waals surface area contributed by atoms with Crippen molar-refractivity contribution in [3.8, 4) is 0 Å². The van der Waals surface area contributed by atoms with E-state index in [1.807, 2.05) is 38.2 Å². The van der Waals surface area contributed by atoms with Crippen LogP contribution in [0, 0.1) is 5.92 Å². The van der Waals surface area contributed by atoms with Crippen molar-refractivity contribution < 1.29 is 9.59 Å². The van der Waals surface area contributed by atoms with Gasteiger partial charge < -0.3 is 5.32 Å². The molecule has 0 fully saturated rings. The lowest BCUT2D eigenvalue weighted by Crippen LogP contribution is -2.27. The van der Waals surface area contributed by atoms with Crippen molar-refractivity contribution in [3.63, 3.8) is 0 Å². The zero-order valence-electron chi connectivity index (χ0n) is 12.3. The Balaban J connectivity index is 3.14. The van der Waals surface area contributed by atoms with Gasteiger partial charge in [0.1, 0.15) is 12.6 Å². The highest BCUT2D eigenvalue weighted by molar-refractivity contribution is 5.87. The average Bonchev–Trinajstić information content (AvgIpc) is 2.42. The number of allylic oxidation sites excluding steroid dienone is 9. The summed E-state index contributed by atoms with van der Waals surface area (Å²) in [6.07, 6.45) is 10.2. The molecule has 0 saturated carbocycles. The second-order valence-corrected chi connectivity index (χ2v) is 4.72. The number of nitrogens with one attached hydrogen (secondary N) is 1. The number of hydrogen-bond acceptors (Lipinski definition) is 3. The first-order chi connectivity index (χ1) is 9.56. The Morgan fingerprint density at radius 1 is 1.15 bits per heavy atom. The minimum atomic E-state index is -0.363. The summed E-state index contributed by atoms with van der Waals surface area (Å²) in [5.74, 6) is -0.363. The standard InChI is InChI=1S/C17H21NO2/c1-5-6-7-8-9-12(2)17-15(10-19)13(3)18-14(4)16(17)11-20/h6-11,17-18H,2,5H2,1,3-4H3/b7-6-,9-8-. The molecule has 0 radical (unpaired) electrons. The number of carbonyl (C=O) groups excluding carboxylic acids is 2. The number of rotatable bonds is 6. The van der Waals surface area contributed by atoms with Crippen molar-refractivity contribution in [1.82, 2.24) is 5.32 Å². The van der Waals surface area contributed by atoms with Crippen molar-refractivity contribution in [1.29, 1.82) is 0 Å². The summed E-state index contributed by atoms with van der Waals surface area (Å²) in [7, 11) is 0. The van der Waals surface area contributed by atoms with Crippen LogP contribution in [0.3, 0.4) is 0 Å². The maximum Gasteiger partial charge on any atom is 0.148 e. The lowest BCUT2D eigenvalue weighted by molar-refractivity contribution is -0.105. The molecule has 1 heterocycles. The molecule has 0 aromatic heterocycles. The molecule has 1 N–H and O–H groups in total. The van der Waals surface area contributed by atoms with E-state index in [9.17, 15) is 9.59 Å². The molecule has 0 saturated heterocycles. The molecule has 3 nitrogen and oxygen atoms in total. The molecule has 106 valence electrons. The second-order valence-electron chi connectivity index (χ2n) is 4.72. The summed E-state index contributed by atoms with van der Waals surface area (Å²) in [5, 5.41) is 3.06. The Morgan fingerprint density at radius 2 is 1.70 bits per heavy atom. The molecule has 0 aromatic carbocycles. The molecule has 0 atom stereocenters. The van der Waals surface area contributed by atoms with Crippen LogP contribution in [0.2, 0.25) is 0 Å². The number of carbonyl (C=O) groups is 2. The molecule has 0 spiro atoms. The third kappa shape index (κ3) is 3.44. The molecule has 0 aliphatic carbocycles. The van der Waals surface area contributed by atoms with E-state index in [2.05, 4.69) is 18.8 Å². The van der Waals surface area contributed by atoms with E-state index in [1.54, 1.807) is 0 Å². The maximum absolute atomic E-state index is 11.3. The lowest BCUT2D eigenvalue weighted by atomic mass is 9.82. The fourth-order valence-electron chi connectivity index (χ4n) is 2.23. The van der Waals surface area contributed by atoms with Crippen molar-refractivity contribution >= 4 is 12.6 Å². The monoisotopic (exact) mass is 271 g/mol. The molecule has 0 aromatic rings. The number of aldehydes is 2. The van der Waals surface area contributed by atoms with Crippen LogP contribution in [0.1, 0.15) is 27.2 Å². The molecule has 1 aliphatic heterocycles. The highest BCUT2D eigenvalue weighted by Crippen LogP contribution is 2.32. The summed E-state index contributed by atoms with van der Waals surface area (Å²) in [4.78, 5) is 22.6. The minimum Gasteiger partial charge on any atom is -0.362 e. The van der Waals surface area contributed by atoms with Gasteiger partial charge in [-0.25, -0.2) is 0 Å². The molecule has 0 amide bonds. The van der Waals surface area contributed by atoms with Crippen molar-refractivity contribution in [2.75, 3.05) is 0 Å². The molecule has 0 unspecified atom stereocenters. The van der Waals surface area contributed by atoms with Gasteiger partial charge in [-0.2, -0.15) is 0 Å². The van der Waals surface area contributed by atoms with Gasteiger partial charge in [0.15, 0.2) is 0 Å². The first-order valence-corrected chi connectivity index (χ1v) is 6.67. The predicted molar refractivity (Wildman–Crippen MR) is 81.9 cm³/mol. The third-order valence-corrected chi connectivity index (χ3v) is 3.28. The molecule has 0 bridgehead atoms. The zero-order chi connectivity index (χ0) is 15.1. The largest absolute Gasteiger partial charge is 0.362 e. The van der Waals surface area contributed by atoms with Crippen molar-refractivity contribution in [2.45, 2.75) is 27.2 Å². The van der Waals surface area contributed by atoms with E-state index < -0.39 is 0 Å². The fraction of sp³-hybridized carbons (Fsp3) is 0.294.